The number of hydrogen-bond donors (Lipinski definition) is 2. The topological polar surface area (TPSA) is 111 Å². The lowest BCUT2D eigenvalue weighted by Gasteiger charge is -2.06. The van der Waals surface area contributed by atoms with E-state index < -0.39 is 16.5 Å². The van der Waals surface area contributed by atoms with Gasteiger partial charge in [0.1, 0.15) is 16.9 Å². The van der Waals surface area contributed by atoms with Gasteiger partial charge in [-0.2, -0.15) is 0 Å². The predicted molar refractivity (Wildman–Crippen MR) is 74.7 cm³/mol. The first kappa shape index (κ1) is 13.8. The van der Waals surface area contributed by atoms with Crippen LogP contribution in [0.15, 0.2) is 36.5 Å². The second kappa shape index (κ2) is 5.54. The summed E-state index contributed by atoms with van der Waals surface area (Å²) in [5, 5.41) is 13.4. The number of carbonyl (C=O) groups is 1. The molecule has 3 N–H and O–H groups in total. The van der Waals surface area contributed by atoms with E-state index in [4.69, 9.17) is 17.3 Å². The zero-order valence-electron chi connectivity index (χ0n) is 10.0. The van der Waals surface area contributed by atoms with Crippen LogP contribution in [0.3, 0.4) is 0 Å². The molecule has 8 heteroatoms. The number of pyridine rings is 1. The van der Waals surface area contributed by atoms with Gasteiger partial charge in [0.25, 0.3) is 11.6 Å². The molecule has 0 aliphatic carbocycles. The van der Waals surface area contributed by atoms with Crippen LogP contribution in [0, 0.1) is 10.1 Å². The number of nitrogens with zero attached hydrogens (tertiary/aromatic N) is 2. The number of nitrogens with two attached hydrogens (primary N) is 1. The summed E-state index contributed by atoms with van der Waals surface area (Å²) in [4.78, 5) is 25.8. The first-order valence-corrected chi connectivity index (χ1v) is 5.82. The summed E-state index contributed by atoms with van der Waals surface area (Å²) < 4.78 is 0. The lowest BCUT2D eigenvalue weighted by molar-refractivity contribution is -0.385. The van der Waals surface area contributed by atoms with Gasteiger partial charge >= 0.3 is 0 Å². The molecule has 0 saturated carbocycles. The van der Waals surface area contributed by atoms with E-state index >= 15 is 0 Å². The Labute approximate surface area is 118 Å². The number of hydrogen-bond acceptors (Lipinski definition) is 5. The van der Waals surface area contributed by atoms with E-state index in [0.717, 1.165) is 12.3 Å². The summed E-state index contributed by atoms with van der Waals surface area (Å²) >= 11 is 5.66. The minimum absolute atomic E-state index is 0.00180. The number of anilines is 2. The highest BCUT2D eigenvalue weighted by molar-refractivity contribution is 6.30. The fourth-order valence-corrected chi connectivity index (χ4v) is 1.67. The summed E-state index contributed by atoms with van der Waals surface area (Å²) in [7, 11) is 0. The van der Waals surface area contributed by atoms with Crippen molar-refractivity contribution in [1.29, 1.82) is 0 Å². The van der Waals surface area contributed by atoms with Crippen molar-refractivity contribution >= 4 is 34.6 Å². The van der Waals surface area contributed by atoms with Crippen LogP contribution in [0.2, 0.25) is 5.15 Å². The zero-order valence-corrected chi connectivity index (χ0v) is 10.8. The third-order valence-corrected chi connectivity index (χ3v) is 2.67. The zero-order chi connectivity index (χ0) is 14.7. The van der Waals surface area contributed by atoms with E-state index in [1.165, 1.54) is 0 Å². The van der Waals surface area contributed by atoms with Crippen LogP contribution in [0.1, 0.15) is 10.4 Å². The quantitative estimate of drug-likeness (QED) is 0.391. The molecule has 0 unspecified atom stereocenters. The Morgan fingerprint density at radius 1 is 1.35 bits per heavy atom. The lowest BCUT2D eigenvalue weighted by Crippen LogP contribution is -2.14. The Hall–Kier alpha value is -2.67. The van der Waals surface area contributed by atoms with Crippen molar-refractivity contribution < 1.29 is 9.72 Å². The van der Waals surface area contributed by atoms with E-state index in [1.807, 2.05) is 0 Å². The Kier molecular flexibility index (Phi) is 3.81. The molecule has 0 aliphatic rings. The van der Waals surface area contributed by atoms with Gasteiger partial charge in [0.2, 0.25) is 0 Å². The average Bonchev–Trinajstić information content (AvgIpc) is 2.41. The largest absolute Gasteiger partial charge is 0.399 e. The van der Waals surface area contributed by atoms with Crippen LogP contribution in [0.25, 0.3) is 0 Å². The Morgan fingerprint density at radius 2 is 2.00 bits per heavy atom. The molecule has 0 atom stereocenters. The van der Waals surface area contributed by atoms with Gasteiger partial charge in [0.05, 0.1) is 4.92 Å². The molecule has 0 bridgehead atoms. The third-order valence-electron chi connectivity index (χ3n) is 2.46. The normalized spacial score (nSPS) is 10.1. The standard InChI is InChI=1S/C12H9ClN4O3/c13-11-5-9(10(6-15-11)17(19)20)12(18)16-8-3-1-7(14)2-4-8/h1-6H,14H2,(H,16,18). The highest BCUT2D eigenvalue weighted by Gasteiger charge is 2.21. The second-order valence-corrected chi connectivity index (χ2v) is 4.24. The number of nitrogens with one attached hydrogen (secondary N) is 1. The van der Waals surface area contributed by atoms with Crippen molar-refractivity contribution in [3.8, 4) is 0 Å². The van der Waals surface area contributed by atoms with E-state index in [0.29, 0.717) is 11.4 Å². The van der Waals surface area contributed by atoms with Gasteiger partial charge in [0, 0.05) is 11.4 Å². The van der Waals surface area contributed by atoms with Gasteiger partial charge in [0.15, 0.2) is 0 Å². The molecule has 102 valence electrons. The van der Waals surface area contributed by atoms with Crippen LogP contribution in [-0.2, 0) is 0 Å². The van der Waals surface area contributed by atoms with Gasteiger partial charge in [-0.1, -0.05) is 11.6 Å². The van der Waals surface area contributed by atoms with Crippen LogP contribution in [-0.4, -0.2) is 15.8 Å². The highest BCUT2D eigenvalue weighted by Crippen LogP contribution is 2.22. The molecule has 0 spiro atoms. The first-order chi connectivity index (χ1) is 9.47. The fraction of sp³-hybridized carbons (Fsp3) is 0. The number of benzene rings is 1. The molecule has 7 nitrogen and oxygen atoms in total. The highest BCUT2D eigenvalue weighted by atomic mass is 35.5. The van der Waals surface area contributed by atoms with E-state index in [1.54, 1.807) is 24.3 Å². The molecular formula is C12H9ClN4O3. The molecule has 1 heterocycles. The summed E-state index contributed by atoms with van der Waals surface area (Å²) in [5.41, 5.74) is 5.96. The number of aromatic nitrogens is 1. The van der Waals surface area contributed by atoms with Crippen LogP contribution in [0.5, 0.6) is 0 Å². The Balaban J connectivity index is 2.31. The van der Waals surface area contributed by atoms with Crippen molar-refractivity contribution in [2.24, 2.45) is 0 Å². The Bertz CT molecular complexity index is 673. The minimum Gasteiger partial charge on any atom is -0.399 e. The molecule has 0 radical (unpaired) electrons. The first-order valence-electron chi connectivity index (χ1n) is 5.44. The van der Waals surface area contributed by atoms with Crippen LogP contribution < -0.4 is 11.1 Å². The maximum atomic E-state index is 12.0. The van der Waals surface area contributed by atoms with Crippen molar-refractivity contribution in [2.45, 2.75) is 0 Å². The van der Waals surface area contributed by atoms with Crippen molar-refractivity contribution in [3.05, 3.63) is 57.4 Å². The second-order valence-electron chi connectivity index (χ2n) is 3.86. The molecule has 1 aromatic carbocycles. The number of carbonyl (C=O) groups excluding carboxylic acids is 1. The van der Waals surface area contributed by atoms with Crippen LogP contribution >= 0.6 is 11.6 Å². The average molecular weight is 293 g/mol. The summed E-state index contributed by atoms with van der Waals surface area (Å²) in [6.07, 6.45) is 0.945. The van der Waals surface area contributed by atoms with E-state index in [-0.39, 0.29) is 10.7 Å². The lowest BCUT2D eigenvalue weighted by atomic mass is 10.2. The fourth-order valence-electron chi connectivity index (χ4n) is 1.51. The van der Waals surface area contributed by atoms with Gasteiger partial charge in [-0.05, 0) is 30.3 Å². The molecule has 0 aliphatic heterocycles. The molecule has 1 amide bonds. The Morgan fingerprint density at radius 3 is 2.60 bits per heavy atom. The van der Waals surface area contributed by atoms with Gasteiger partial charge in [-0.3, -0.25) is 14.9 Å². The predicted octanol–water partition coefficient (Wildman–Crippen LogP) is 2.48. The molecular weight excluding hydrogens is 284 g/mol. The monoisotopic (exact) mass is 292 g/mol. The number of nitrogen functional groups attached to an aromatic ring is 1. The van der Waals surface area contributed by atoms with Gasteiger partial charge in [-0.15, -0.1) is 0 Å². The number of nitro groups is 1. The maximum absolute atomic E-state index is 12.0. The minimum atomic E-state index is -0.693. The SMILES string of the molecule is Nc1ccc(NC(=O)c2cc(Cl)ncc2[N+](=O)[O-])cc1. The van der Waals surface area contributed by atoms with Crippen LogP contribution in [0.4, 0.5) is 17.1 Å². The van der Waals surface area contributed by atoms with Crippen molar-refractivity contribution in [2.75, 3.05) is 11.1 Å². The molecule has 2 rings (SSSR count). The maximum Gasteiger partial charge on any atom is 0.300 e. The number of rotatable bonds is 3. The van der Waals surface area contributed by atoms with Crippen molar-refractivity contribution in [1.82, 2.24) is 4.98 Å². The number of amides is 1. The van der Waals surface area contributed by atoms with E-state index in [9.17, 15) is 14.9 Å². The summed E-state index contributed by atoms with van der Waals surface area (Å²) in [6.45, 7) is 0. The van der Waals surface area contributed by atoms with Crippen molar-refractivity contribution in [3.63, 3.8) is 0 Å². The van der Waals surface area contributed by atoms with E-state index in [2.05, 4.69) is 10.3 Å². The molecule has 2 aromatic rings. The number of halogens is 1. The smallest absolute Gasteiger partial charge is 0.300 e. The summed E-state index contributed by atoms with van der Waals surface area (Å²) in [5.74, 6) is -0.647. The molecule has 1 aromatic heterocycles. The third kappa shape index (κ3) is 3.01. The van der Waals surface area contributed by atoms with Gasteiger partial charge in [-0.25, -0.2) is 4.98 Å². The summed E-state index contributed by atoms with van der Waals surface area (Å²) in [6, 6.07) is 7.52. The molecule has 0 saturated heterocycles. The van der Waals surface area contributed by atoms with Gasteiger partial charge < -0.3 is 11.1 Å². The molecule has 20 heavy (non-hydrogen) atoms. The molecule has 0 fully saturated rings.